The lowest BCUT2D eigenvalue weighted by atomic mass is 9.72. The maximum absolute atomic E-state index is 12.5. The zero-order chi connectivity index (χ0) is 23.0. The van der Waals surface area contributed by atoms with Crippen molar-refractivity contribution in [1.82, 2.24) is 0 Å². The molecule has 7 nitrogen and oxygen atoms in total. The summed E-state index contributed by atoms with van der Waals surface area (Å²) in [5.74, 6) is -2.51. The van der Waals surface area contributed by atoms with Crippen LogP contribution in [0.3, 0.4) is 0 Å². The van der Waals surface area contributed by atoms with E-state index in [2.05, 4.69) is 0 Å². The number of fused-ring (bicyclic) bond motifs is 1. The van der Waals surface area contributed by atoms with E-state index in [9.17, 15) is 14.4 Å². The third kappa shape index (κ3) is 5.30. The minimum absolute atomic E-state index is 0.0312. The van der Waals surface area contributed by atoms with Gasteiger partial charge in [-0.25, -0.2) is 9.79 Å². The lowest BCUT2D eigenvalue weighted by molar-refractivity contribution is -0.159. The van der Waals surface area contributed by atoms with Crippen LogP contribution in [0.2, 0.25) is 0 Å². The van der Waals surface area contributed by atoms with E-state index in [-0.39, 0.29) is 13.0 Å². The van der Waals surface area contributed by atoms with Gasteiger partial charge in [0.05, 0.1) is 42.3 Å². The van der Waals surface area contributed by atoms with E-state index in [0.29, 0.717) is 16.5 Å². The van der Waals surface area contributed by atoms with E-state index in [1.807, 2.05) is 31.2 Å². The molecule has 0 aromatic heterocycles. The first-order chi connectivity index (χ1) is 14.8. The van der Waals surface area contributed by atoms with E-state index >= 15 is 0 Å². The van der Waals surface area contributed by atoms with Gasteiger partial charge >= 0.3 is 17.9 Å². The number of para-hydroxylation sites is 1. The Morgan fingerprint density at radius 3 is 2.39 bits per heavy atom. The fraction of sp³-hybridized carbons (Fsp3) is 0.455. The molecule has 1 heterocycles. The molecular formula is C22H26ClNO6S. The van der Waals surface area contributed by atoms with Gasteiger partial charge in [0.2, 0.25) is 0 Å². The van der Waals surface area contributed by atoms with Crippen LogP contribution in [0.1, 0.15) is 25.8 Å². The maximum Gasteiger partial charge on any atom is 0.330 e. The van der Waals surface area contributed by atoms with Crippen LogP contribution in [0.5, 0.6) is 0 Å². The predicted octanol–water partition coefficient (Wildman–Crippen LogP) is 3.80. The Morgan fingerprint density at radius 1 is 1.16 bits per heavy atom. The number of carbonyl (C=O) groups excluding carboxylic acids is 3. The highest BCUT2D eigenvalue weighted by Gasteiger charge is 2.52. The van der Waals surface area contributed by atoms with E-state index in [1.165, 1.54) is 38.1 Å². The van der Waals surface area contributed by atoms with Crippen molar-refractivity contribution >= 4 is 52.0 Å². The van der Waals surface area contributed by atoms with E-state index < -0.39 is 34.6 Å². The van der Waals surface area contributed by atoms with Crippen LogP contribution in [0.4, 0.5) is 5.69 Å². The van der Waals surface area contributed by atoms with Crippen molar-refractivity contribution < 1.29 is 28.6 Å². The molecule has 2 rings (SSSR count). The molecule has 1 aliphatic rings. The fourth-order valence-electron chi connectivity index (χ4n) is 3.53. The summed E-state index contributed by atoms with van der Waals surface area (Å²) >= 11 is 8.36. The predicted molar refractivity (Wildman–Crippen MR) is 121 cm³/mol. The number of carbonyl (C=O) groups is 3. The molecule has 0 radical (unpaired) electrons. The molecule has 0 aliphatic carbocycles. The average Bonchev–Trinajstić information content (AvgIpc) is 3.09. The summed E-state index contributed by atoms with van der Waals surface area (Å²) in [7, 11) is 2.42. The molecule has 0 spiro atoms. The van der Waals surface area contributed by atoms with Gasteiger partial charge < -0.3 is 14.2 Å². The molecule has 0 fully saturated rings. The minimum atomic E-state index is -1.22. The number of rotatable bonds is 9. The molecule has 0 N–H and O–H groups in total. The topological polar surface area (TPSA) is 91.3 Å². The van der Waals surface area contributed by atoms with Crippen molar-refractivity contribution in [2.45, 2.75) is 31.1 Å². The first kappa shape index (κ1) is 24.9. The Bertz CT molecular complexity index is 871. The normalized spacial score (nSPS) is 18.5. The highest BCUT2D eigenvalue weighted by atomic mass is 35.5. The van der Waals surface area contributed by atoms with Gasteiger partial charge in [-0.2, -0.15) is 0 Å². The number of allylic oxidation sites excluding steroid dienone is 1. The van der Waals surface area contributed by atoms with Gasteiger partial charge in [0.1, 0.15) is 0 Å². The summed E-state index contributed by atoms with van der Waals surface area (Å²) < 4.78 is 14.7. The molecule has 1 aromatic carbocycles. The lowest BCUT2D eigenvalue weighted by Gasteiger charge is -2.36. The molecule has 0 saturated heterocycles. The van der Waals surface area contributed by atoms with Crippen molar-refractivity contribution in [3.63, 3.8) is 0 Å². The number of nitrogens with zero attached hydrogens (tertiary/aromatic N) is 1. The van der Waals surface area contributed by atoms with Crippen LogP contribution in [-0.2, 0) is 34.0 Å². The number of thioether (sulfide) groups is 1. The van der Waals surface area contributed by atoms with Crippen molar-refractivity contribution in [3.05, 3.63) is 42.0 Å². The standard InChI is InChI=1S/C22H26ClNO6S/c1-5-30-18(25)12-11-17(23)22(13-14(19(26)28-3)20(27)29-4)15-9-7-8-10-16(15)24-21(22)31-6-2/h7-12,14,17H,5-6,13H2,1-4H3/b12-11+/t17-,22-/m1/s1. The molecule has 1 aromatic rings. The first-order valence-corrected chi connectivity index (χ1v) is 11.2. The van der Waals surface area contributed by atoms with Crippen LogP contribution >= 0.6 is 23.4 Å². The SMILES string of the molecule is CCOC(=O)/C=C/[C@@H](Cl)[C@]1(CC(C(=O)OC)C(=O)OC)C(SCC)=Nc2ccccc21. The Kier molecular flexibility index (Phi) is 9.13. The maximum atomic E-state index is 12.5. The summed E-state index contributed by atoms with van der Waals surface area (Å²) in [6.45, 7) is 3.91. The van der Waals surface area contributed by atoms with Crippen LogP contribution in [0.15, 0.2) is 41.4 Å². The summed E-state index contributed by atoms with van der Waals surface area (Å²) in [6.07, 6.45) is 2.74. The van der Waals surface area contributed by atoms with Gasteiger partial charge in [0.25, 0.3) is 0 Å². The molecule has 168 valence electrons. The summed E-state index contributed by atoms with van der Waals surface area (Å²) in [4.78, 5) is 41.6. The van der Waals surface area contributed by atoms with Crippen LogP contribution in [-0.4, -0.2) is 54.9 Å². The van der Waals surface area contributed by atoms with Gasteiger partial charge in [0, 0.05) is 6.08 Å². The molecule has 0 unspecified atom stereocenters. The van der Waals surface area contributed by atoms with Gasteiger partial charge in [0.15, 0.2) is 5.92 Å². The number of hydrogen-bond donors (Lipinski definition) is 0. The number of benzene rings is 1. The second-order valence-corrected chi connectivity index (χ2v) is 8.38. The van der Waals surface area contributed by atoms with E-state index in [4.69, 9.17) is 30.8 Å². The van der Waals surface area contributed by atoms with Gasteiger partial charge in [-0.15, -0.1) is 23.4 Å². The third-order valence-corrected chi connectivity index (χ3v) is 6.46. The molecular weight excluding hydrogens is 442 g/mol. The zero-order valence-electron chi connectivity index (χ0n) is 17.9. The fourth-order valence-corrected chi connectivity index (χ4v) is 5.00. The molecule has 0 bridgehead atoms. The second kappa shape index (κ2) is 11.3. The number of ether oxygens (including phenoxy) is 3. The number of esters is 3. The largest absolute Gasteiger partial charge is 0.468 e. The Morgan fingerprint density at radius 2 is 1.81 bits per heavy atom. The minimum Gasteiger partial charge on any atom is -0.468 e. The number of halogens is 1. The first-order valence-electron chi connectivity index (χ1n) is 9.81. The van der Waals surface area contributed by atoms with Gasteiger partial charge in [-0.05, 0) is 30.7 Å². The van der Waals surface area contributed by atoms with Crippen molar-refractivity contribution in [1.29, 1.82) is 0 Å². The smallest absolute Gasteiger partial charge is 0.330 e. The van der Waals surface area contributed by atoms with Crippen LogP contribution in [0.25, 0.3) is 0 Å². The average molecular weight is 468 g/mol. The molecule has 9 heteroatoms. The highest BCUT2D eigenvalue weighted by Crippen LogP contribution is 2.51. The lowest BCUT2D eigenvalue weighted by Crippen LogP contribution is -2.45. The number of methoxy groups -OCH3 is 2. The van der Waals surface area contributed by atoms with Crippen LogP contribution in [0, 0.1) is 5.92 Å². The summed E-state index contributed by atoms with van der Waals surface area (Å²) in [6, 6.07) is 7.40. The summed E-state index contributed by atoms with van der Waals surface area (Å²) in [5, 5.41) is -0.155. The zero-order valence-corrected chi connectivity index (χ0v) is 19.5. The molecule has 0 saturated carbocycles. The van der Waals surface area contributed by atoms with Gasteiger partial charge in [-0.3, -0.25) is 9.59 Å². The van der Waals surface area contributed by atoms with Gasteiger partial charge in [-0.1, -0.05) is 31.2 Å². The Hall–Kier alpha value is -2.32. The van der Waals surface area contributed by atoms with Crippen molar-refractivity contribution in [3.8, 4) is 0 Å². The molecule has 2 atom stereocenters. The Balaban J connectivity index is 2.64. The van der Waals surface area contributed by atoms with E-state index in [0.717, 1.165) is 5.56 Å². The Labute approximate surface area is 191 Å². The second-order valence-electron chi connectivity index (χ2n) is 6.65. The van der Waals surface area contributed by atoms with Crippen LogP contribution < -0.4 is 0 Å². The number of alkyl halides is 1. The monoisotopic (exact) mass is 467 g/mol. The number of aliphatic imine (C=N–C) groups is 1. The quantitative estimate of drug-likeness (QED) is 0.179. The van der Waals surface area contributed by atoms with Crippen molar-refractivity contribution in [2.24, 2.45) is 10.9 Å². The molecule has 0 amide bonds. The van der Waals surface area contributed by atoms with E-state index in [1.54, 1.807) is 6.92 Å². The highest BCUT2D eigenvalue weighted by molar-refractivity contribution is 8.14. The molecule has 1 aliphatic heterocycles. The number of hydrogen-bond acceptors (Lipinski definition) is 8. The van der Waals surface area contributed by atoms with Crippen molar-refractivity contribution in [2.75, 3.05) is 26.6 Å². The summed E-state index contributed by atoms with van der Waals surface area (Å²) in [5.41, 5.74) is 0.411. The molecule has 31 heavy (non-hydrogen) atoms. The third-order valence-electron chi connectivity index (χ3n) is 4.93.